The van der Waals surface area contributed by atoms with Crippen molar-refractivity contribution in [3.05, 3.63) is 65.7 Å². The summed E-state index contributed by atoms with van der Waals surface area (Å²) in [5.74, 6) is 1.59. The minimum absolute atomic E-state index is 0.115. The Labute approximate surface area is 151 Å². The van der Waals surface area contributed by atoms with Crippen molar-refractivity contribution in [3.63, 3.8) is 0 Å². The molecule has 1 N–H and O–H groups in total. The van der Waals surface area contributed by atoms with Crippen LogP contribution in [0.2, 0.25) is 0 Å². The van der Waals surface area contributed by atoms with Gasteiger partial charge in [-0.15, -0.1) is 11.8 Å². The Hall–Kier alpha value is -2.47. The molecule has 0 aliphatic carbocycles. The van der Waals surface area contributed by atoms with E-state index in [1.165, 1.54) is 0 Å². The summed E-state index contributed by atoms with van der Waals surface area (Å²) in [5.41, 5.74) is 1.60. The van der Waals surface area contributed by atoms with Gasteiger partial charge in [0.15, 0.2) is 0 Å². The van der Waals surface area contributed by atoms with Crippen molar-refractivity contribution in [2.24, 2.45) is 0 Å². The van der Waals surface area contributed by atoms with Crippen LogP contribution in [0.4, 0.5) is 0 Å². The number of thioether (sulfide) groups is 1. The van der Waals surface area contributed by atoms with Gasteiger partial charge in [0.05, 0.1) is 13.0 Å². The maximum Gasteiger partial charge on any atom is 0.255 e. The lowest BCUT2D eigenvalue weighted by Gasteiger charge is -2.23. The van der Waals surface area contributed by atoms with Crippen molar-refractivity contribution in [2.75, 3.05) is 18.7 Å². The molecule has 0 bridgehead atoms. The molecule has 6 heteroatoms. The van der Waals surface area contributed by atoms with E-state index in [0.29, 0.717) is 29.5 Å². The molecule has 0 radical (unpaired) electrons. The van der Waals surface area contributed by atoms with Crippen molar-refractivity contribution in [3.8, 4) is 5.75 Å². The number of hydrogen-bond acceptors (Lipinski definition) is 4. The van der Waals surface area contributed by atoms with Gasteiger partial charge >= 0.3 is 0 Å². The first-order valence-electron chi connectivity index (χ1n) is 8.03. The fourth-order valence-corrected chi connectivity index (χ4v) is 3.82. The van der Waals surface area contributed by atoms with Gasteiger partial charge in [0.1, 0.15) is 11.8 Å². The maximum absolute atomic E-state index is 12.7. The number of methoxy groups -OCH3 is 1. The van der Waals surface area contributed by atoms with Crippen molar-refractivity contribution in [2.45, 2.75) is 12.6 Å². The van der Waals surface area contributed by atoms with E-state index in [-0.39, 0.29) is 11.8 Å². The highest BCUT2D eigenvalue weighted by molar-refractivity contribution is 7.99. The number of nitrogens with zero attached hydrogens (tertiary/aromatic N) is 1. The lowest BCUT2D eigenvalue weighted by molar-refractivity contribution is -0.124. The topological polar surface area (TPSA) is 58.6 Å². The first kappa shape index (κ1) is 17.4. The molecule has 2 amide bonds. The molecule has 0 saturated carbocycles. The zero-order valence-electron chi connectivity index (χ0n) is 14.0. The van der Waals surface area contributed by atoms with Crippen LogP contribution >= 0.6 is 11.8 Å². The highest BCUT2D eigenvalue weighted by atomic mass is 32.2. The summed E-state index contributed by atoms with van der Waals surface area (Å²) >= 11 is 1.59. The van der Waals surface area contributed by atoms with E-state index < -0.39 is 6.04 Å². The fourth-order valence-electron chi connectivity index (χ4n) is 2.66. The van der Waals surface area contributed by atoms with Crippen LogP contribution in [0.3, 0.4) is 0 Å². The number of carbonyl (C=O) groups excluding carboxylic acids is 2. The Kier molecular flexibility index (Phi) is 5.60. The average molecular weight is 356 g/mol. The van der Waals surface area contributed by atoms with E-state index in [1.54, 1.807) is 48.0 Å². The predicted molar refractivity (Wildman–Crippen MR) is 98.6 cm³/mol. The van der Waals surface area contributed by atoms with Crippen LogP contribution in [-0.2, 0) is 11.3 Å². The van der Waals surface area contributed by atoms with Crippen LogP contribution in [0.1, 0.15) is 15.9 Å². The third-order valence-corrected chi connectivity index (χ3v) is 5.10. The molecule has 1 aliphatic heterocycles. The van der Waals surface area contributed by atoms with Gasteiger partial charge in [0, 0.05) is 17.9 Å². The van der Waals surface area contributed by atoms with Gasteiger partial charge in [0.25, 0.3) is 5.91 Å². The average Bonchev–Trinajstić information content (AvgIpc) is 3.16. The van der Waals surface area contributed by atoms with Gasteiger partial charge in [0.2, 0.25) is 5.91 Å². The molecule has 130 valence electrons. The van der Waals surface area contributed by atoms with E-state index in [4.69, 9.17) is 4.74 Å². The Morgan fingerprint density at radius 3 is 2.56 bits per heavy atom. The lowest BCUT2D eigenvalue weighted by atomic mass is 10.1. The Balaban J connectivity index is 1.64. The molecule has 1 unspecified atom stereocenters. The van der Waals surface area contributed by atoms with Crippen molar-refractivity contribution in [1.82, 2.24) is 10.2 Å². The van der Waals surface area contributed by atoms with Gasteiger partial charge < -0.3 is 15.0 Å². The highest BCUT2D eigenvalue weighted by Gasteiger charge is 2.34. The van der Waals surface area contributed by atoms with E-state index in [9.17, 15) is 9.59 Å². The molecule has 0 aromatic heterocycles. The van der Waals surface area contributed by atoms with Crippen molar-refractivity contribution < 1.29 is 14.3 Å². The summed E-state index contributed by atoms with van der Waals surface area (Å²) in [7, 11) is 1.58. The second-order valence-electron chi connectivity index (χ2n) is 5.72. The number of carbonyl (C=O) groups is 2. The number of rotatable bonds is 5. The monoisotopic (exact) mass is 356 g/mol. The van der Waals surface area contributed by atoms with Gasteiger partial charge in [-0.1, -0.05) is 30.3 Å². The molecule has 1 heterocycles. The van der Waals surface area contributed by atoms with Crippen LogP contribution in [0.5, 0.6) is 5.75 Å². The molecule has 25 heavy (non-hydrogen) atoms. The van der Waals surface area contributed by atoms with E-state index in [0.717, 1.165) is 5.56 Å². The van der Waals surface area contributed by atoms with Crippen molar-refractivity contribution >= 4 is 23.6 Å². The zero-order valence-corrected chi connectivity index (χ0v) is 14.8. The quantitative estimate of drug-likeness (QED) is 0.894. The maximum atomic E-state index is 12.7. The summed E-state index contributed by atoms with van der Waals surface area (Å²) in [6.45, 7) is 0.464. The molecule has 2 aromatic rings. The predicted octanol–water partition coefficient (Wildman–Crippen LogP) is 2.53. The Morgan fingerprint density at radius 1 is 1.16 bits per heavy atom. The Bertz CT molecular complexity index is 734. The van der Waals surface area contributed by atoms with Crippen LogP contribution in [0.15, 0.2) is 54.6 Å². The summed E-state index contributed by atoms with van der Waals surface area (Å²) in [4.78, 5) is 26.9. The molecule has 1 atom stereocenters. The third-order valence-electron chi connectivity index (χ3n) is 4.09. The zero-order chi connectivity index (χ0) is 17.6. The van der Waals surface area contributed by atoms with Gasteiger partial charge in [-0.3, -0.25) is 9.59 Å². The molecule has 2 aromatic carbocycles. The minimum atomic E-state index is -0.441. The number of amides is 2. The molecule has 5 nitrogen and oxygen atoms in total. The number of nitrogens with one attached hydrogen (secondary N) is 1. The summed E-state index contributed by atoms with van der Waals surface area (Å²) in [6.07, 6.45) is 0. The molecular weight excluding hydrogens is 336 g/mol. The fraction of sp³-hybridized carbons (Fsp3) is 0.263. The third kappa shape index (κ3) is 4.14. The number of hydrogen-bond donors (Lipinski definition) is 1. The van der Waals surface area contributed by atoms with Gasteiger partial charge in [-0.05, 0) is 29.8 Å². The second-order valence-corrected chi connectivity index (χ2v) is 6.72. The standard InChI is InChI=1S/C19H20N2O3S/c1-24-16-9-7-15(8-10-16)19(23)21-13-25-12-17(21)18(22)20-11-14-5-3-2-4-6-14/h2-10,17H,11-13H2,1H3,(H,20,22). The van der Waals surface area contributed by atoms with Crippen LogP contribution < -0.4 is 10.1 Å². The first-order valence-corrected chi connectivity index (χ1v) is 9.19. The van der Waals surface area contributed by atoms with E-state index >= 15 is 0 Å². The smallest absolute Gasteiger partial charge is 0.255 e. The van der Waals surface area contributed by atoms with Crippen molar-refractivity contribution in [1.29, 1.82) is 0 Å². The number of ether oxygens (including phenoxy) is 1. The normalized spacial score (nSPS) is 16.5. The minimum Gasteiger partial charge on any atom is -0.497 e. The Morgan fingerprint density at radius 2 is 1.88 bits per heavy atom. The van der Waals surface area contributed by atoms with Crippen LogP contribution in [0, 0.1) is 0 Å². The highest BCUT2D eigenvalue weighted by Crippen LogP contribution is 2.24. The van der Waals surface area contributed by atoms with Crippen LogP contribution in [0.25, 0.3) is 0 Å². The van der Waals surface area contributed by atoms with Gasteiger partial charge in [-0.25, -0.2) is 0 Å². The van der Waals surface area contributed by atoms with E-state index in [1.807, 2.05) is 30.3 Å². The largest absolute Gasteiger partial charge is 0.497 e. The molecule has 1 saturated heterocycles. The SMILES string of the molecule is COc1ccc(C(=O)N2CSCC2C(=O)NCc2ccccc2)cc1. The summed E-state index contributed by atoms with van der Waals surface area (Å²) in [5, 5.41) is 2.93. The van der Waals surface area contributed by atoms with E-state index in [2.05, 4.69) is 5.32 Å². The molecular formula is C19H20N2O3S. The summed E-state index contributed by atoms with van der Waals surface area (Å²) in [6, 6.07) is 16.2. The molecule has 1 aliphatic rings. The lowest BCUT2D eigenvalue weighted by Crippen LogP contribution is -2.47. The molecule has 0 spiro atoms. The molecule has 1 fully saturated rings. The van der Waals surface area contributed by atoms with Crippen LogP contribution in [-0.4, -0.2) is 41.5 Å². The molecule has 3 rings (SSSR count). The second kappa shape index (κ2) is 8.07. The summed E-state index contributed by atoms with van der Waals surface area (Å²) < 4.78 is 5.11. The van der Waals surface area contributed by atoms with Gasteiger partial charge in [-0.2, -0.15) is 0 Å². The first-order chi connectivity index (χ1) is 12.2. The number of benzene rings is 2.